The lowest BCUT2D eigenvalue weighted by molar-refractivity contribution is 0.225. The molecule has 2 rings (SSSR count). The molecule has 0 aliphatic carbocycles. The molecule has 1 aromatic carbocycles. The summed E-state index contributed by atoms with van der Waals surface area (Å²) in [6, 6.07) is 8.52. The van der Waals surface area contributed by atoms with Crippen LogP contribution in [0.25, 0.3) is 0 Å². The van der Waals surface area contributed by atoms with E-state index >= 15 is 0 Å². The lowest BCUT2D eigenvalue weighted by Crippen LogP contribution is -2.47. The van der Waals surface area contributed by atoms with Gasteiger partial charge in [0.2, 0.25) is 6.20 Å². The molecule has 1 aliphatic heterocycles. The predicted octanol–water partition coefficient (Wildman–Crippen LogP) is 1.39. The van der Waals surface area contributed by atoms with Crippen LogP contribution in [0.15, 0.2) is 41.5 Å². The summed E-state index contributed by atoms with van der Waals surface area (Å²) < 4.78 is -0.402. The average Bonchev–Trinajstić information content (AvgIpc) is 2.69. The fraction of sp³-hybridized carbons (Fsp3) is 0. The smallest absolute Gasteiger partial charge is 0.316 e. The van der Waals surface area contributed by atoms with Gasteiger partial charge in [0.25, 0.3) is 0 Å². The van der Waals surface area contributed by atoms with Crippen LogP contribution in [0.4, 0.5) is 10.5 Å². The van der Waals surface area contributed by atoms with Gasteiger partial charge in [-0.3, -0.25) is 0 Å². The maximum Gasteiger partial charge on any atom is 0.451 e. The first-order valence-corrected chi connectivity index (χ1v) is 4.15. The van der Waals surface area contributed by atoms with Crippen LogP contribution in [0.2, 0.25) is 0 Å². The van der Waals surface area contributed by atoms with E-state index in [1.807, 2.05) is 18.2 Å². The van der Waals surface area contributed by atoms with Crippen molar-refractivity contribution in [2.24, 2.45) is 10.8 Å². The Balaban J connectivity index is 2.54. The Kier molecular flexibility index (Phi) is 1.90. The van der Waals surface area contributed by atoms with Crippen molar-refractivity contribution in [2.45, 2.75) is 0 Å². The van der Waals surface area contributed by atoms with Crippen LogP contribution in [-0.2, 0) is 0 Å². The highest BCUT2D eigenvalue weighted by Crippen LogP contribution is 2.25. The van der Waals surface area contributed by atoms with Gasteiger partial charge in [0, 0.05) is 18.2 Å². The number of primary amides is 1. The summed E-state index contributed by atoms with van der Waals surface area (Å²) in [5.74, 6) is 0. The zero-order chi connectivity index (χ0) is 10.0. The van der Waals surface area contributed by atoms with E-state index in [1.54, 1.807) is 18.2 Å². The topological polar surface area (TPSA) is 55.5 Å². The van der Waals surface area contributed by atoms with Crippen molar-refractivity contribution in [3.63, 3.8) is 0 Å². The van der Waals surface area contributed by atoms with Gasteiger partial charge in [0.05, 0.1) is 6.21 Å². The molecule has 4 heteroatoms. The lowest BCUT2D eigenvalue weighted by atomic mass is 10.3. The largest absolute Gasteiger partial charge is 0.451 e. The number of para-hydroxylation sites is 1. The maximum absolute atomic E-state index is 11.3. The Morgan fingerprint density at radius 1 is 1.36 bits per heavy atom. The summed E-state index contributed by atoms with van der Waals surface area (Å²) in [6.07, 6.45) is 5.89. The number of amides is 2. The van der Waals surface area contributed by atoms with E-state index in [0.717, 1.165) is 0 Å². The molecular weight excluding hydrogens is 178 g/mol. The van der Waals surface area contributed by atoms with Crippen LogP contribution in [0.3, 0.4) is 0 Å². The van der Waals surface area contributed by atoms with Crippen molar-refractivity contribution >= 4 is 17.9 Å². The van der Waals surface area contributed by atoms with Crippen molar-refractivity contribution in [3.8, 4) is 0 Å². The molecule has 0 fully saturated rings. The van der Waals surface area contributed by atoms with Crippen LogP contribution >= 0.6 is 0 Å². The molecule has 69 valence electrons. The van der Waals surface area contributed by atoms with E-state index in [-0.39, 0.29) is 0 Å². The number of benzene rings is 1. The molecule has 0 saturated carbocycles. The lowest BCUT2D eigenvalue weighted by Gasteiger charge is -2.18. The Morgan fingerprint density at radius 2 is 2.07 bits per heavy atom. The van der Waals surface area contributed by atoms with Gasteiger partial charge in [-0.2, -0.15) is 0 Å². The summed E-state index contributed by atoms with van der Waals surface area (Å²) in [4.78, 5) is 11.3. The first-order chi connectivity index (χ1) is 6.76. The fourth-order valence-corrected chi connectivity index (χ4v) is 1.34. The summed E-state index contributed by atoms with van der Waals surface area (Å²) in [7, 11) is 0. The van der Waals surface area contributed by atoms with Crippen LogP contribution in [0, 0.1) is 6.20 Å². The molecule has 2 amide bonds. The summed E-state index contributed by atoms with van der Waals surface area (Å²) in [5, 5.41) is 4.01. The third-order valence-electron chi connectivity index (χ3n) is 2.02. The Labute approximate surface area is 81.5 Å². The second-order valence-electron chi connectivity index (χ2n) is 2.87. The van der Waals surface area contributed by atoms with Crippen molar-refractivity contribution in [1.29, 1.82) is 0 Å². The zero-order valence-electron chi connectivity index (χ0n) is 7.42. The average molecular weight is 187 g/mol. The Morgan fingerprint density at radius 3 is 2.57 bits per heavy atom. The van der Waals surface area contributed by atoms with Gasteiger partial charge < -0.3 is 5.73 Å². The number of hydrogen-bond donors (Lipinski definition) is 1. The van der Waals surface area contributed by atoms with Gasteiger partial charge in [-0.05, 0) is 4.59 Å². The first-order valence-electron chi connectivity index (χ1n) is 4.15. The van der Waals surface area contributed by atoms with E-state index in [4.69, 9.17) is 5.73 Å². The molecule has 14 heavy (non-hydrogen) atoms. The minimum atomic E-state index is -0.568. The number of urea groups is 1. The van der Waals surface area contributed by atoms with E-state index in [1.165, 1.54) is 6.21 Å². The highest BCUT2D eigenvalue weighted by atomic mass is 16.2. The number of nitrogens with two attached hydrogens (primary N) is 1. The van der Waals surface area contributed by atoms with Gasteiger partial charge in [-0.15, -0.1) is 0 Å². The quantitative estimate of drug-likeness (QED) is 0.663. The SMILES string of the molecule is NC(=O)[N+]1(c2ccccc2)[C]=CC=N1. The Hall–Kier alpha value is -1.94. The molecule has 4 nitrogen and oxygen atoms in total. The van der Waals surface area contributed by atoms with Crippen molar-refractivity contribution in [2.75, 3.05) is 0 Å². The Bertz CT molecular complexity index is 397. The molecule has 0 spiro atoms. The van der Waals surface area contributed by atoms with Crippen molar-refractivity contribution < 1.29 is 4.79 Å². The normalized spacial score (nSPS) is 24.0. The minimum Gasteiger partial charge on any atom is -0.316 e. The van der Waals surface area contributed by atoms with Gasteiger partial charge in [0.15, 0.2) is 5.69 Å². The summed E-state index contributed by atoms with van der Waals surface area (Å²) in [6.45, 7) is 0. The zero-order valence-corrected chi connectivity index (χ0v) is 7.42. The van der Waals surface area contributed by atoms with Crippen molar-refractivity contribution in [3.05, 3.63) is 42.6 Å². The number of quaternary nitrogens is 1. The minimum absolute atomic E-state index is 0.402. The van der Waals surface area contributed by atoms with Gasteiger partial charge in [-0.25, -0.2) is 4.79 Å². The number of rotatable bonds is 1. The second kappa shape index (κ2) is 3.08. The molecule has 1 unspecified atom stereocenters. The maximum atomic E-state index is 11.3. The van der Waals surface area contributed by atoms with Crippen LogP contribution in [0.1, 0.15) is 0 Å². The summed E-state index contributed by atoms with van der Waals surface area (Å²) >= 11 is 0. The molecule has 0 aromatic heterocycles. The molecule has 1 aliphatic rings. The monoisotopic (exact) mass is 187 g/mol. The van der Waals surface area contributed by atoms with Gasteiger partial charge in [0.1, 0.15) is 0 Å². The summed E-state index contributed by atoms with van der Waals surface area (Å²) in [5.41, 5.74) is 5.99. The number of carbonyl (C=O) groups excluding carboxylic acids is 1. The van der Waals surface area contributed by atoms with Crippen LogP contribution < -0.4 is 10.3 Å². The molecule has 1 aromatic rings. The van der Waals surface area contributed by atoms with Crippen molar-refractivity contribution in [1.82, 2.24) is 4.59 Å². The molecule has 0 bridgehead atoms. The van der Waals surface area contributed by atoms with Gasteiger partial charge >= 0.3 is 6.03 Å². The number of carbonyl (C=O) groups is 1. The van der Waals surface area contributed by atoms with E-state index in [0.29, 0.717) is 5.69 Å². The standard InChI is InChI=1S/C10H9N3O/c11-10(14)13(8-4-7-12-13)9-5-2-1-3-6-9/h1-7H,(H2,11,14)/q+1. The number of hydrogen-bond acceptors (Lipinski definition) is 2. The molecule has 2 N–H and O–H groups in total. The van der Waals surface area contributed by atoms with Crippen LogP contribution in [0.5, 0.6) is 0 Å². The highest BCUT2D eigenvalue weighted by Gasteiger charge is 2.39. The van der Waals surface area contributed by atoms with Crippen LogP contribution in [-0.4, -0.2) is 12.2 Å². The third kappa shape index (κ3) is 1.13. The first kappa shape index (κ1) is 8.65. The van der Waals surface area contributed by atoms with E-state index < -0.39 is 10.6 Å². The van der Waals surface area contributed by atoms with Gasteiger partial charge in [-0.1, -0.05) is 23.3 Å². The molecular formula is C10H9N3O+. The molecule has 1 atom stereocenters. The molecule has 1 radical (unpaired) electrons. The molecule has 0 saturated heterocycles. The number of allylic oxidation sites excluding steroid dienone is 1. The third-order valence-corrected chi connectivity index (χ3v) is 2.02. The highest BCUT2D eigenvalue weighted by molar-refractivity contribution is 5.91. The second-order valence-corrected chi connectivity index (χ2v) is 2.87. The number of nitrogens with zero attached hydrogens (tertiary/aromatic N) is 2. The fourth-order valence-electron chi connectivity index (χ4n) is 1.34. The van der Waals surface area contributed by atoms with E-state index in [9.17, 15) is 4.79 Å². The predicted molar refractivity (Wildman–Crippen MR) is 54.1 cm³/mol. The van der Waals surface area contributed by atoms with E-state index in [2.05, 4.69) is 11.3 Å². The molecule has 1 heterocycles.